The van der Waals surface area contributed by atoms with Crippen LogP contribution in [-0.4, -0.2) is 32.8 Å². The molecule has 6 nitrogen and oxygen atoms in total. The molecule has 0 saturated carbocycles. The number of sulfonamides is 1. The van der Waals surface area contributed by atoms with Crippen molar-refractivity contribution in [1.29, 1.82) is 0 Å². The Morgan fingerprint density at radius 2 is 2.32 bits per heavy atom. The van der Waals surface area contributed by atoms with E-state index in [1.54, 1.807) is 0 Å². The Morgan fingerprint density at radius 1 is 1.58 bits per heavy atom. The van der Waals surface area contributed by atoms with Crippen molar-refractivity contribution in [3.05, 3.63) is 16.5 Å². The summed E-state index contributed by atoms with van der Waals surface area (Å²) in [6.07, 6.45) is 0.904. The quantitative estimate of drug-likeness (QED) is 0.831. The van der Waals surface area contributed by atoms with E-state index in [0.717, 1.165) is 6.42 Å². The van der Waals surface area contributed by atoms with Gasteiger partial charge in [0.05, 0.1) is 6.10 Å². The Labute approximate surface area is 120 Å². The molecule has 0 amide bonds. The number of furan rings is 1. The largest absolute Gasteiger partial charge is 0.450 e. The van der Waals surface area contributed by atoms with Crippen LogP contribution in [0.5, 0.6) is 0 Å². The molecule has 0 bridgehead atoms. The Bertz CT molecular complexity index is 541. The molecule has 19 heavy (non-hydrogen) atoms. The number of hydrogen-bond acceptors (Lipinski definition) is 5. The molecule has 2 unspecified atom stereocenters. The highest BCUT2D eigenvalue weighted by molar-refractivity contribution is 9.10. The van der Waals surface area contributed by atoms with Gasteiger partial charge in [-0.1, -0.05) is 0 Å². The zero-order valence-electron chi connectivity index (χ0n) is 10.4. The zero-order valence-corrected chi connectivity index (χ0v) is 12.8. The molecule has 2 atom stereocenters. The number of rotatable bonds is 5. The van der Waals surface area contributed by atoms with E-state index in [-0.39, 0.29) is 34.0 Å². The number of halogens is 1. The predicted octanol–water partition coefficient (Wildman–Crippen LogP) is 1.24. The molecule has 1 saturated heterocycles. The average Bonchev–Trinajstić information content (AvgIpc) is 2.93. The molecular formula is C11H16BrNO5S. The van der Waals surface area contributed by atoms with E-state index in [1.165, 1.54) is 6.07 Å². The van der Waals surface area contributed by atoms with Crippen molar-refractivity contribution in [3.8, 4) is 0 Å². The standard InChI is InChI=1S/C11H16BrNO5S/c1-7-8(2-3-17-7)5-13-19(15,16)10-4-9(6-14)18-11(10)12/h4,7-8,13-14H,2-3,5-6H2,1H3. The third-order valence-electron chi connectivity index (χ3n) is 3.22. The summed E-state index contributed by atoms with van der Waals surface area (Å²) in [7, 11) is -3.65. The van der Waals surface area contributed by atoms with Crippen LogP contribution in [0.1, 0.15) is 19.1 Å². The van der Waals surface area contributed by atoms with Gasteiger partial charge in [0.2, 0.25) is 10.0 Å². The van der Waals surface area contributed by atoms with Crippen LogP contribution >= 0.6 is 15.9 Å². The van der Waals surface area contributed by atoms with Crippen molar-refractivity contribution in [2.45, 2.75) is 31.0 Å². The first kappa shape index (κ1) is 15.0. The molecule has 0 spiro atoms. The molecule has 108 valence electrons. The maximum atomic E-state index is 12.1. The highest BCUT2D eigenvalue weighted by Crippen LogP contribution is 2.27. The Kier molecular flexibility index (Phi) is 4.67. The van der Waals surface area contributed by atoms with Gasteiger partial charge in [0.25, 0.3) is 0 Å². The molecular weight excluding hydrogens is 338 g/mol. The van der Waals surface area contributed by atoms with Crippen LogP contribution in [0.25, 0.3) is 0 Å². The normalized spacial score (nSPS) is 23.9. The minimum Gasteiger partial charge on any atom is -0.450 e. The lowest BCUT2D eigenvalue weighted by Crippen LogP contribution is -2.32. The average molecular weight is 354 g/mol. The molecule has 1 aliphatic rings. The molecule has 0 radical (unpaired) electrons. The van der Waals surface area contributed by atoms with E-state index < -0.39 is 10.0 Å². The van der Waals surface area contributed by atoms with Crippen LogP contribution in [0.15, 0.2) is 20.0 Å². The second-order valence-electron chi connectivity index (χ2n) is 4.49. The lowest BCUT2D eigenvalue weighted by molar-refractivity contribution is 0.107. The molecule has 1 aromatic heterocycles. The molecule has 1 aliphatic heterocycles. The number of ether oxygens (including phenoxy) is 1. The number of hydrogen-bond donors (Lipinski definition) is 2. The summed E-state index contributed by atoms with van der Waals surface area (Å²) in [5, 5.41) is 8.93. The third kappa shape index (κ3) is 3.38. The minimum atomic E-state index is -3.65. The zero-order chi connectivity index (χ0) is 14.0. The van der Waals surface area contributed by atoms with Gasteiger partial charge >= 0.3 is 0 Å². The number of aliphatic hydroxyl groups excluding tert-OH is 1. The fourth-order valence-corrected chi connectivity index (χ4v) is 4.09. The second kappa shape index (κ2) is 5.92. The Balaban J connectivity index is 2.07. The lowest BCUT2D eigenvalue weighted by Gasteiger charge is -2.14. The first-order valence-electron chi connectivity index (χ1n) is 5.94. The summed E-state index contributed by atoms with van der Waals surface area (Å²) >= 11 is 3.04. The Morgan fingerprint density at radius 3 is 2.84 bits per heavy atom. The summed E-state index contributed by atoms with van der Waals surface area (Å²) in [6, 6.07) is 1.31. The molecule has 2 N–H and O–H groups in total. The van der Waals surface area contributed by atoms with E-state index in [9.17, 15) is 8.42 Å². The fraction of sp³-hybridized carbons (Fsp3) is 0.636. The van der Waals surface area contributed by atoms with E-state index in [4.69, 9.17) is 14.3 Å². The maximum Gasteiger partial charge on any atom is 0.244 e. The summed E-state index contributed by atoms with van der Waals surface area (Å²) < 4.78 is 37.3. The first-order valence-corrected chi connectivity index (χ1v) is 8.22. The SMILES string of the molecule is CC1OCCC1CNS(=O)(=O)c1cc(CO)oc1Br. The number of aliphatic hydroxyl groups is 1. The summed E-state index contributed by atoms with van der Waals surface area (Å²) in [4.78, 5) is 0.00289. The van der Waals surface area contributed by atoms with Crippen molar-refractivity contribution in [2.75, 3.05) is 13.2 Å². The molecule has 2 heterocycles. The fourth-order valence-electron chi connectivity index (χ4n) is 2.00. The summed E-state index contributed by atoms with van der Waals surface area (Å²) in [5.41, 5.74) is 0. The highest BCUT2D eigenvalue weighted by Gasteiger charge is 2.28. The van der Waals surface area contributed by atoms with Gasteiger partial charge in [-0.15, -0.1) is 0 Å². The second-order valence-corrected chi connectivity index (χ2v) is 6.94. The maximum absolute atomic E-state index is 12.1. The van der Waals surface area contributed by atoms with Gasteiger partial charge in [-0.05, 0) is 29.3 Å². The highest BCUT2D eigenvalue weighted by atomic mass is 79.9. The molecule has 0 aliphatic carbocycles. The molecule has 1 fully saturated rings. The van der Waals surface area contributed by atoms with Crippen LogP contribution in [0.2, 0.25) is 0 Å². The van der Waals surface area contributed by atoms with Gasteiger partial charge in [0, 0.05) is 25.1 Å². The van der Waals surface area contributed by atoms with Gasteiger partial charge in [-0.3, -0.25) is 0 Å². The number of nitrogens with one attached hydrogen (secondary N) is 1. The van der Waals surface area contributed by atoms with E-state index in [0.29, 0.717) is 13.2 Å². The van der Waals surface area contributed by atoms with Gasteiger partial charge in [0.1, 0.15) is 17.3 Å². The smallest absolute Gasteiger partial charge is 0.244 e. The van der Waals surface area contributed by atoms with Crippen LogP contribution in [0, 0.1) is 5.92 Å². The summed E-state index contributed by atoms with van der Waals surface area (Å²) in [6.45, 7) is 2.58. The van der Waals surface area contributed by atoms with Crippen LogP contribution in [0.4, 0.5) is 0 Å². The van der Waals surface area contributed by atoms with Crippen molar-refractivity contribution < 1.29 is 22.7 Å². The molecule has 8 heteroatoms. The van der Waals surface area contributed by atoms with Crippen LogP contribution in [-0.2, 0) is 21.4 Å². The van der Waals surface area contributed by atoms with Crippen LogP contribution in [0.3, 0.4) is 0 Å². The third-order valence-corrected chi connectivity index (χ3v) is 5.50. The first-order chi connectivity index (χ1) is 8.94. The van der Waals surface area contributed by atoms with Gasteiger partial charge in [-0.2, -0.15) is 0 Å². The van der Waals surface area contributed by atoms with Gasteiger partial charge < -0.3 is 14.3 Å². The van der Waals surface area contributed by atoms with Crippen molar-refractivity contribution in [1.82, 2.24) is 4.72 Å². The topological polar surface area (TPSA) is 88.8 Å². The van der Waals surface area contributed by atoms with Crippen molar-refractivity contribution in [2.24, 2.45) is 5.92 Å². The minimum absolute atomic E-state index is 0.00289. The molecule has 2 rings (SSSR count). The van der Waals surface area contributed by atoms with Gasteiger partial charge in [-0.25, -0.2) is 13.1 Å². The summed E-state index contributed by atoms with van der Waals surface area (Å²) in [5.74, 6) is 0.377. The van der Waals surface area contributed by atoms with Crippen LogP contribution < -0.4 is 4.72 Å². The monoisotopic (exact) mass is 353 g/mol. The molecule has 0 aromatic carbocycles. The van der Waals surface area contributed by atoms with Crippen molar-refractivity contribution in [3.63, 3.8) is 0 Å². The Hall–Kier alpha value is -0.410. The van der Waals surface area contributed by atoms with E-state index in [2.05, 4.69) is 20.7 Å². The van der Waals surface area contributed by atoms with E-state index >= 15 is 0 Å². The van der Waals surface area contributed by atoms with Crippen molar-refractivity contribution >= 4 is 26.0 Å². The van der Waals surface area contributed by atoms with Gasteiger partial charge in [0.15, 0.2) is 4.67 Å². The molecule has 1 aromatic rings. The lowest BCUT2D eigenvalue weighted by atomic mass is 10.0. The predicted molar refractivity (Wildman–Crippen MR) is 71.0 cm³/mol. The van der Waals surface area contributed by atoms with E-state index in [1.807, 2.05) is 6.92 Å².